The minimum atomic E-state index is -0.514. The van der Waals surface area contributed by atoms with Gasteiger partial charge in [-0.25, -0.2) is 4.39 Å². The van der Waals surface area contributed by atoms with Crippen LogP contribution in [0.15, 0.2) is 35.5 Å². The topological polar surface area (TPSA) is 87.5 Å². The van der Waals surface area contributed by atoms with Crippen LogP contribution >= 0.6 is 35.0 Å². The van der Waals surface area contributed by atoms with Crippen molar-refractivity contribution >= 4 is 46.6 Å². The number of anilines is 1. The number of ether oxygens (including phenoxy) is 3. The second kappa shape index (κ2) is 11.0. The maximum Gasteiger partial charge on any atom is 0.234 e. The average molecular weight is 515 g/mol. The lowest BCUT2D eigenvalue weighted by Gasteiger charge is -2.15. The number of halogens is 3. The molecule has 0 saturated carbocycles. The first-order valence-electron chi connectivity index (χ1n) is 9.58. The maximum atomic E-state index is 13.2. The molecule has 0 bridgehead atoms. The summed E-state index contributed by atoms with van der Waals surface area (Å²) < 4.78 is 31.2. The second-order valence-corrected chi connectivity index (χ2v) is 8.52. The van der Waals surface area contributed by atoms with Crippen molar-refractivity contribution < 1.29 is 23.4 Å². The molecule has 0 aliphatic carbocycles. The highest BCUT2D eigenvalue weighted by atomic mass is 35.5. The lowest BCUT2D eigenvalue weighted by Crippen LogP contribution is -2.15. The summed E-state index contributed by atoms with van der Waals surface area (Å²) in [7, 11) is 4.72. The van der Waals surface area contributed by atoms with E-state index in [-0.39, 0.29) is 16.7 Å². The van der Waals surface area contributed by atoms with E-state index in [2.05, 4.69) is 15.5 Å². The second-order valence-electron chi connectivity index (χ2n) is 6.76. The van der Waals surface area contributed by atoms with Gasteiger partial charge in [-0.05, 0) is 25.1 Å². The molecular weight excluding hydrogens is 494 g/mol. The van der Waals surface area contributed by atoms with Gasteiger partial charge in [0.2, 0.25) is 5.91 Å². The van der Waals surface area contributed by atoms with Gasteiger partial charge in [-0.1, -0.05) is 35.0 Å². The van der Waals surface area contributed by atoms with E-state index in [0.717, 1.165) is 0 Å². The number of hydrogen-bond acceptors (Lipinski definition) is 7. The Kier molecular flexibility index (Phi) is 8.28. The highest BCUT2D eigenvalue weighted by molar-refractivity contribution is 7.99. The Morgan fingerprint density at radius 2 is 1.82 bits per heavy atom. The molecule has 1 aromatic heterocycles. The summed E-state index contributed by atoms with van der Waals surface area (Å²) in [5, 5.41) is 12.1. The number of aromatic nitrogens is 3. The minimum Gasteiger partial charge on any atom is -0.495 e. The third-order valence-electron chi connectivity index (χ3n) is 4.51. The lowest BCUT2D eigenvalue weighted by atomic mass is 10.2. The Morgan fingerprint density at radius 1 is 1.12 bits per heavy atom. The van der Waals surface area contributed by atoms with Crippen molar-refractivity contribution in [1.82, 2.24) is 14.8 Å². The van der Waals surface area contributed by atoms with E-state index < -0.39 is 11.9 Å². The van der Waals surface area contributed by atoms with E-state index in [0.29, 0.717) is 38.9 Å². The average Bonchev–Trinajstić information content (AvgIpc) is 3.15. The number of carbonyl (C=O) groups is 1. The fourth-order valence-electron chi connectivity index (χ4n) is 2.89. The smallest absolute Gasteiger partial charge is 0.234 e. The lowest BCUT2D eigenvalue weighted by molar-refractivity contribution is -0.113. The van der Waals surface area contributed by atoms with Crippen LogP contribution in [0.25, 0.3) is 0 Å². The number of methoxy groups -OCH3 is 2. The summed E-state index contributed by atoms with van der Waals surface area (Å²) in [5.74, 6) is 0.995. The van der Waals surface area contributed by atoms with Crippen molar-refractivity contribution in [3.63, 3.8) is 0 Å². The molecule has 176 valence electrons. The molecule has 1 amide bonds. The van der Waals surface area contributed by atoms with E-state index in [9.17, 15) is 9.18 Å². The third-order valence-corrected chi connectivity index (χ3v) is 6.12. The number of nitrogens with one attached hydrogen (secondary N) is 1. The Morgan fingerprint density at radius 3 is 2.48 bits per heavy atom. The van der Waals surface area contributed by atoms with E-state index in [4.69, 9.17) is 37.4 Å². The number of nitrogens with zero attached hydrogens (tertiary/aromatic N) is 3. The van der Waals surface area contributed by atoms with Crippen LogP contribution in [-0.4, -0.2) is 40.6 Å². The Bertz CT molecular complexity index is 1160. The van der Waals surface area contributed by atoms with Gasteiger partial charge >= 0.3 is 0 Å². The van der Waals surface area contributed by atoms with Crippen LogP contribution in [0, 0.1) is 5.82 Å². The molecule has 1 atom stereocenters. The molecular formula is C21H21Cl2FN4O4S. The van der Waals surface area contributed by atoms with Crippen LogP contribution in [0.5, 0.6) is 17.2 Å². The Hall–Kier alpha value is -2.69. The van der Waals surface area contributed by atoms with Crippen molar-refractivity contribution in [2.45, 2.75) is 18.2 Å². The van der Waals surface area contributed by atoms with Gasteiger partial charge < -0.3 is 24.1 Å². The van der Waals surface area contributed by atoms with E-state index in [1.807, 2.05) is 0 Å². The number of amides is 1. The van der Waals surface area contributed by atoms with Crippen molar-refractivity contribution in [2.24, 2.45) is 7.05 Å². The normalized spacial score (nSPS) is 11.7. The molecule has 0 saturated heterocycles. The SMILES string of the molecule is COc1cc(NC(=O)CSc2nnc(C(C)Oc3ccc(F)cc3Cl)n2C)c(OC)cc1Cl. The number of hydrogen-bond donors (Lipinski definition) is 1. The highest BCUT2D eigenvalue weighted by Gasteiger charge is 2.20. The molecule has 0 spiro atoms. The minimum absolute atomic E-state index is 0.0685. The molecule has 8 nitrogen and oxygen atoms in total. The van der Waals surface area contributed by atoms with Crippen molar-refractivity contribution in [3.8, 4) is 17.2 Å². The highest BCUT2D eigenvalue weighted by Crippen LogP contribution is 2.36. The monoisotopic (exact) mass is 514 g/mol. The predicted molar refractivity (Wildman–Crippen MR) is 125 cm³/mol. The molecule has 1 unspecified atom stereocenters. The first-order valence-corrected chi connectivity index (χ1v) is 11.3. The predicted octanol–water partition coefficient (Wildman–Crippen LogP) is 5.15. The fourth-order valence-corrected chi connectivity index (χ4v) is 4.06. The van der Waals surface area contributed by atoms with E-state index >= 15 is 0 Å². The van der Waals surface area contributed by atoms with Crippen molar-refractivity contribution in [3.05, 3.63) is 52.0 Å². The number of thioether (sulfide) groups is 1. The Balaban J connectivity index is 1.64. The third kappa shape index (κ3) is 6.01. The van der Waals surface area contributed by atoms with Crippen LogP contribution in [0.4, 0.5) is 10.1 Å². The summed E-state index contributed by atoms with van der Waals surface area (Å²) in [5.41, 5.74) is 0.432. The molecule has 2 aromatic carbocycles. The van der Waals surface area contributed by atoms with Gasteiger partial charge in [0, 0.05) is 19.2 Å². The molecule has 3 rings (SSSR count). The summed E-state index contributed by atoms with van der Waals surface area (Å²) >= 11 is 13.3. The van der Waals surface area contributed by atoms with Crippen molar-refractivity contribution in [2.75, 3.05) is 25.3 Å². The van der Waals surface area contributed by atoms with E-state index in [1.165, 1.54) is 44.2 Å². The number of rotatable bonds is 9. The van der Waals surface area contributed by atoms with Gasteiger partial charge in [0.05, 0.1) is 35.7 Å². The molecule has 1 N–H and O–H groups in total. The zero-order chi connectivity index (χ0) is 24.1. The molecule has 0 aliphatic rings. The standard InChI is InChI=1S/C21H21Cl2FN4O4S/c1-11(32-16-6-5-12(24)7-13(16)22)20-26-27-21(28(20)2)33-10-19(29)25-15-9-17(30-3)14(23)8-18(15)31-4/h5-9,11H,10H2,1-4H3,(H,25,29). The first-order chi connectivity index (χ1) is 15.7. The molecule has 12 heteroatoms. The van der Waals surface area contributed by atoms with Gasteiger partial charge in [-0.2, -0.15) is 0 Å². The number of carbonyl (C=O) groups excluding carboxylic acids is 1. The largest absolute Gasteiger partial charge is 0.495 e. The van der Waals surface area contributed by atoms with Crippen LogP contribution in [0.2, 0.25) is 10.0 Å². The quantitative estimate of drug-likeness (QED) is 0.395. The van der Waals surface area contributed by atoms with Gasteiger partial charge in [-0.15, -0.1) is 10.2 Å². The molecule has 0 aliphatic heterocycles. The molecule has 0 fully saturated rings. The van der Waals surface area contributed by atoms with Gasteiger partial charge in [0.15, 0.2) is 17.1 Å². The van der Waals surface area contributed by atoms with Crippen LogP contribution in [-0.2, 0) is 11.8 Å². The fraction of sp³-hybridized carbons (Fsp3) is 0.286. The molecule has 1 heterocycles. The van der Waals surface area contributed by atoms with Crippen LogP contribution in [0.3, 0.4) is 0 Å². The summed E-state index contributed by atoms with van der Waals surface area (Å²) in [6.45, 7) is 1.77. The molecule has 33 heavy (non-hydrogen) atoms. The van der Waals surface area contributed by atoms with Crippen molar-refractivity contribution in [1.29, 1.82) is 0 Å². The Labute approximate surface area is 204 Å². The summed E-state index contributed by atoms with van der Waals surface area (Å²) in [4.78, 5) is 12.5. The summed E-state index contributed by atoms with van der Waals surface area (Å²) in [6, 6.07) is 7.03. The van der Waals surface area contributed by atoms with Gasteiger partial charge in [0.25, 0.3) is 0 Å². The van der Waals surface area contributed by atoms with Gasteiger partial charge in [-0.3, -0.25) is 4.79 Å². The van der Waals surface area contributed by atoms with E-state index in [1.54, 1.807) is 30.7 Å². The zero-order valence-electron chi connectivity index (χ0n) is 18.2. The molecule has 0 radical (unpaired) electrons. The first kappa shape index (κ1) is 24.9. The summed E-state index contributed by atoms with van der Waals surface area (Å²) in [6.07, 6.45) is -0.514. The van der Waals surface area contributed by atoms with Crippen LogP contribution < -0.4 is 19.5 Å². The van der Waals surface area contributed by atoms with Crippen LogP contribution in [0.1, 0.15) is 18.9 Å². The number of benzene rings is 2. The zero-order valence-corrected chi connectivity index (χ0v) is 20.5. The van der Waals surface area contributed by atoms with Gasteiger partial charge in [0.1, 0.15) is 23.1 Å². The molecule has 3 aromatic rings. The maximum absolute atomic E-state index is 13.2.